The van der Waals surface area contributed by atoms with Crippen molar-refractivity contribution in [2.75, 3.05) is 5.73 Å². The van der Waals surface area contributed by atoms with Crippen molar-refractivity contribution in [3.05, 3.63) is 42.0 Å². The topological polar surface area (TPSA) is 77.2 Å². The summed E-state index contributed by atoms with van der Waals surface area (Å²) in [4.78, 5) is 0.246. The van der Waals surface area contributed by atoms with Crippen molar-refractivity contribution in [2.45, 2.75) is 42.6 Å². The lowest BCUT2D eigenvalue weighted by Gasteiger charge is -2.32. The number of sulfone groups is 1. The lowest BCUT2D eigenvalue weighted by Crippen LogP contribution is -2.36. The fourth-order valence-electron chi connectivity index (χ4n) is 3.23. The minimum absolute atomic E-state index is 0.0999. The number of hydrogen-bond donors (Lipinski definition) is 1. The summed E-state index contributed by atoms with van der Waals surface area (Å²) < 4.78 is 40.0. The van der Waals surface area contributed by atoms with Crippen molar-refractivity contribution in [1.82, 2.24) is 0 Å². The molecule has 0 bridgehead atoms. The molecule has 1 unspecified atom stereocenters. The average Bonchev–Trinajstić information content (AvgIpc) is 2.52. The van der Waals surface area contributed by atoms with E-state index in [-0.39, 0.29) is 15.4 Å². The number of anilines is 1. The standard InChI is InChI=1S/C17H20NO3PS/c1-4-12-9-10-15-17(16(12)18)22(19,11(2)3)13-7-5-6-8-14(13)23(15,20)21/h5-11H,4,18H2,1-3H3. The molecule has 0 fully saturated rings. The maximum atomic E-state index is 14.0. The zero-order valence-electron chi connectivity index (χ0n) is 13.4. The number of rotatable bonds is 2. The first-order valence-electron chi connectivity index (χ1n) is 7.62. The first-order valence-corrected chi connectivity index (χ1v) is 10.9. The van der Waals surface area contributed by atoms with Crippen LogP contribution in [-0.2, 0) is 20.8 Å². The third-order valence-corrected chi connectivity index (χ3v) is 10.4. The monoisotopic (exact) mass is 349 g/mol. The lowest BCUT2D eigenvalue weighted by molar-refractivity contribution is 0.576. The van der Waals surface area contributed by atoms with E-state index in [0.29, 0.717) is 22.7 Å². The van der Waals surface area contributed by atoms with Gasteiger partial charge < -0.3 is 10.3 Å². The number of nitrogen functional groups attached to an aromatic ring is 1. The van der Waals surface area contributed by atoms with E-state index in [9.17, 15) is 13.0 Å². The molecule has 23 heavy (non-hydrogen) atoms. The Hall–Kier alpha value is -1.58. The fourth-order valence-corrected chi connectivity index (χ4v) is 9.14. The second kappa shape index (κ2) is 5.22. The summed E-state index contributed by atoms with van der Waals surface area (Å²) in [5.74, 6) is 0. The highest BCUT2D eigenvalue weighted by molar-refractivity contribution is 7.95. The van der Waals surface area contributed by atoms with Gasteiger partial charge in [0, 0.05) is 16.7 Å². The van der Waals surface area contributed by atoms with E-state index in [1.807, 2.05) is 20.8 Å². The van der Waals surface area contributed by atoms with E-state index < -0.39 is 17.0 Å². The van der Waals surface area contributed by atoms with Gasteiger partial charge >= 0.3 is 0 Å². The number of fused-ring (bicyclic) bond motifs is 2. The molecule has 122 valence electrons. The van der Waals surface area contributed by atoms with Crippen LogP contribution in [0.1, 0.15) is 26.3 Å². The zero-order chi connectivity index (χ0) is 17.0. The Morgan fingerprint density at radius 2 is 1.74 bits per heavy atom. The molecule has 2 aromatic rings. The predicted molar refractivity (Wildman–Crippen MR) is 94.1 cm³/mol. The maximum absolute atomic E-state index is 14.0. The third kappa shape index (κ3) is 2.03. The lowest BCUT2D eigenvalue weighted by atomic mass is 10.1. The molecule has 3 rings (SSSR count). The smallest absolute Gasteiger partial charge is 0.208 e. The summed E-state index contributed by atoms with van der Waals surface area (Å²) in [5, 5.41) is 0.730. The number of aryl methyl sites for hydroxylation is 1. The quantitative estimate of drug-likeness (QED) is 0.668. The number of benzene rings is 2. The van der Waals surface area contributed by atoms with Crippen molar-refractivity contribution < 1.29 is 13.0 Å². The summed E-state index contributed by atoms with van der Waals surface area (Å²) in [5.41, 5.74) is 7.23. The van der Waals surface area contributed by atoms with Crippen LogP contribution in [0.4, 0.5) is 5.69 Å². The third-order valence-electron chi connectivity index (χ3n) is 4.51. The molecule has 6 heteroatoms. The van der Waals surface area contributed by atoms with Crippen LogP contribution in [-0.4, -0.2) is 14.1 Å². The van der Waals surface area contributed by atoms with Gasteiger partial charge in [-0.1, -0.05) is 39.0 Å². The van der Waals surface area contributed by atoms with Crippen LogP contribution < -0.4 is 16.3 Å². The van der Waals surface area contributed by atoms with Crippen LogP contribution in [0.5, 0.6) is 0 Å². The van der Waals surface area contributed by atoms with Crippen LogP contribution in [0.15, 0.2) is 46.2 Å². The summed E-state index contributed by atoms with van der Waals surface area (Å²) in [7, 11) is -6.83. The number of nitrogens with two attached hydrogens (primary N) is 1. The van der Waals surface area contributed by atoms with Gasteiger partial charge in [-0.2, -0.15) is 0 Å². The van der Waals surface area contributed by atoms with E-state index in [1.54, 1.807) is 30.3 Å². The molecule has 1 atom stereocenters. The Morgan fingerprint density at radius 1 is 1.09 bits per heavy atom. The summed E-state index contributed by atoms with van der Waals surface area (Å²) >= 11 is 0. The van der Waals surface area contributed by atoms with Crippen LogP contribution >= 0.6 is 7.14 Å². The van der Waals surface area contributed by atoms with Crippen molar-refractivity contribution in [1.29, 1.82) is 0 Å². The molecule has 0 aliphatic carbocycles. The molecule has 0 saturated carbocycles. The SMILES string of the molecule is CCc1ccc2c(c1N)P(=O)(C(C)C)c1ccccc1S2(=O)=O. The van der Waals surface area contributed by atoms with Gasteiger partial charge in [0.2, 0.25) is 9.84 Å². The van der Waals surface area contributed by atoms with Gasteiger partial charge in [-0.15, -0.1) is 0 Å². The second-order valence-electron chi connectivity index (χ2n) is 6.06. The van der Waals surface area contributed by atoms with E-state index in [2.05, 4.69) is 0 Å². The van der Waals surface area contributed by atoms with Crippen LogP contribution in [0, 0.1) is 0 Å². The Balaban J connectivity index is 2.56. The first kappa shape index (κ1) is 16.3. The molecule has 1 heterocycles. The fraction of sp³-hybridized carbons (Fsp3) is 0.294. The highest BCUT2D eigenvalue weighted by Gasteiger charge is 2.46. The van der Waals surface area contributed by atoms with E-state index in [4.69, 9.17) is 5.73 Å². The van der Waals surface area contributed by atoms with Crippen LogP contribution in [0.2, 0.25) is 0 Å². The Morgan fingerprint density at radius 3 is 2.35 bits per heavy atom. The molecule has 2 N–H and O–H groups in total. The van der Waals surface area contributed by atoms with E-state index in [0.717, 1.165) is 5.56 Å². The molecular weight excluding hydrogens is 329 g/mol. The first-order chi connectivity index (χ1) is 10.8. The number of hydrogen-bond acceptors (Lipinski definition) is 4. The van der Waals surface area contributed by atoms with Crippen molar-refractivity contribution in [3.8, 4) is 0 Å². The molecule has 1 aliphatic heterocycles. The Bertz CT molecular complexity index is 948. The van der Waals surface area contributed by atoms with Gasteiger partial charge in [0.1, 0.15) is 7.14 Å². The van der Waals surface area contributed by atoms with Crippen molar-refractivity contribution in [2.24, 2.45) is 0 Å². The van der Waals surface area contributed by atoms with Crippen LogP contribution in [0.25, 0.3) is 0 Å². The molecular formula is C17H20NO3PS. The Labute approximate surface area is 137 Å². The molecule has 2 aromatic carbocycles. The molecule has 1 aliphatic rings. The van der Waals surface area contributed by atoms with Gasteiger partial charge in [0.15, 0.2) is 0 Å². The normalized spacial score (nSPS) is 21.7. The Kier molecular flexibility index (Phi) is 3.69. The average molecular weight is 349 g/mol. The van der Waals surface area contributed by atoms with Gasteiger partial charge in [0.05, 0.1) is 15.1 Å². The van der Waals surface area contributed by atoms with Gasteiger partial charge in [-0.05, 0) is 30.2 Å². The summed E-state index contributed by atoms with van der Waals surface area (Å²) in [6.07, 6.45) is 0.666. The van der Waals surface area contributed by atoms with E-state index >= 15 is 0 Å². The minimum Gasteiger partial charge on any atom is -0.398 e. The van der Waals surface area contributed by atoms with Crippen molar-refractivity contribution in [3.63, 3.8) is 0 Å². The molecule has 0 aromatic heterocycles. The highest BCUT2D eigenvalue weighted by atomic mass is 32.2. The largest absolute Gasteiger partial charge is 0.398 e. The summed E-state index contributed by atoms with van der Waals surface area (Å²) in [6, 6.07) is 9.88. The molecule has 0 saturated heterocycles. The highest BCUT2D eigenvalue weighted by Crippen LogP contribution is 2.55. The van der Waals surface area contributed by atoms with Crippen molar-refractivity contribution >= 4 is 33.3 Å². The van der Waals surface area contributed by atoms with Gasteiger partial charge in [-0.3, -0.25) is 0 Å². The maximum Gasteiger partial charge on any atom is 0.208 e. The molecule has 0 amide bonds. The molecule has 0 spiro atoms. The van der Waals surface area contributed by atoms with Gasteiger partial charge in [-0.25, -0.2) is 8.42 Å². The summed E-state index contributed by atoms with van der Waals surface area (Å²) in [6.45, 7) is 5.67. The van der Waals surface area contributed by atoms with Gasteiger partial charge in [0.25, 0.3) is 0 Å². The van der Waals surface area contributed by atoms with E-state index in [1.165, 1.54) is 6.07 Å². The second-order valence-corrected chi connectivity index (χ2v) is 11.2. The zero-order valence-corrected chi connectivity index (χ0v) is 15.1. The van der Waals surface area contributed by atoms with Crippen LogP contribution in [0.3, 0.4) is 0 Å². The minimum atomic E-state index is -3.71. The predicted octanol–water partition coefficient (Wildman–Crippen LogP) is 2.70. The molecule has 0 radical (unpaired) electrons. The molecule has 4 nitrogen and oxygen atoms in total.